The van der Waals surface area contributed by atoms with E-state index in [-0.39, 0.29) is 0 Å². The molecule has 110 valence electrons. The van der Waals surface area contributed by atoms with Crippen LogP contribution in [0.1, 0.15) is 52.0 Å². The molecule has 0 saturated carbocycles. The second-order valence-electron chi connectivity index (χ2n) is 5.62. The van der Waals surface area contributed by atoms with Gasteiger partial charge in [0.25, 0.3) is 0 Å². The smallest absolute Gasteiger partial charge is 0.122 e. The van der Waals surface area contributed by atoms with Gasteiger partial charge in [0, 0.05) is 0 Å². The molecule has 3 heteroatoms. The van der Waals surface area contributed by atoms with Crippen LogP contribution in [0.5, 0.6) is 5.75 Å². The van der Waals surface area contributed by atoms with E-state index in [1.165, 1.54) is 5.56 Å². The van der Waals surface area contributed by atoms with E-state index in [9.17, 15) is 5.26 Å². The Labute approximate surface area is 123 Å². The lowest BCUT2D eigenvalue weighted by Crippen LogP contribution is -2.40. The van der Waals surface area contributed by atoms with Gasteiger partial charge in [-0.2, -0.15) is 5.26 Å². The van der Waals surface area contributed by atoms with E-state index in [1.54, 1.807) is 0 Å². The Morgan fingerprint density at radius 3 is 2.65 bits per heavy atom. The van der Waals surface area contributed by atoms with Crippen molar-refractivity contribution >= 4 is 0 Å². The average Bonchev–Trinajstić information content (AvgIpc) is 2.44. The first-order chi connectivity index (χ1) is 9.52. The van der Waals surface area contributed by atoms with Crippen LogP contribution in [0.15, 0.2) is 24.3 Å². The van der Waals surface area contributed by atoms with Crippen molar-refractivity contribution in [2.75, 3.05) is 13.2 Å². The molecule has 0 aliphatic rings. The zero-order chi connectivity index (χ0) is 15.0. The second kappa shape index (κ2) is 7.91. The van der Waals surface area contributed by atoms with Gasteiger partial charge < -0.3 is 4.74 Å². The Morgan fingerprint density at radius 2 is 2.05 bits per heavy atom. The fraction of sp³-hybridized carbons (Fsp3) is 0.588. The number of benzene rings is 1. The van der Waals surface area contributed by atoms with Crippen LogP contribution in [0.3, 0.4) is 0 Å². The molecule has 0 heterocycles. The number of ether oxygens (including phenoxy) is 1. The Kier molecular flexibility index (Phi) is 6.54. The standard InChI is InChI=1S/C17H26N2O/c1-5-19-17(4,13-18)11-8-12-20-16-10-7-6-9-15(16)14(2)3/h6-7,9-10,14,19H,5,8,11-12H2,1-4H3. The monoisotopic (exact) mass is 274 g/mol. The van der Waals surface area contributed by atoms with E-state index >= 15 is 0 Å². The Balaban J connectivity index is 2.48. The highest BCUT2D eigenvalue weighted by Crippen LogP contribution is 2.26. The van der Waals surface area contributed by atoms with Gasteiger partial charge in [0.2, 0.25) is 0 Å². The van der Waals surface area contributed by atoms with Gasteiger partial charge in [-0.1, -0.05) is 39.0 Å². The number of hydrogen-bond donors (Lipinski definition) is 1. The zero-order valence-electron chi connectivity index (χ0n) is 13.1. The third-order valence-electron chi connectivity index (χ3n) is 3.43. The number of nitrogens with zero attached hydrogens (tertiary/aromatic N) is 1. The molecule has 0 radical (unpaired) electrons. The summed E-state index contributed by atoms with van der Waals surface area (Å²) in [6.07, 6.45) is 1.66. The SMILES string of the molecule is CCNC(C)(C#N)CCCOc1ccccc1C(C)C. The molecule has 0 bridgehead atoms. The van der Waals surface area contributed by atoms with Gasteiger partial charge >= 0.3 is 0 Å². The predicted molar refractivity (Wildman–Crippen MR) is 83.0 cm³/mol. The van der Waals surface area contributed by atoms with Crippen molar-refractivity contribution in [3.8, 4) is 11.8 Å². The first kappa shape index (κ1) is 16.5. The van der Waals surface area contributed by atoms with Crippen molar-refractivity contribution in [2.45, 2.75) is 52.0 Å². The minimum Gasteiger partial charge on any atom is -0.493 e. The largest absolute Gasteiger partial charge is 0.493 e. The van der Waals surface area contributed by atoms with Crippen LogP contribution < -0.4 is 10.1 Å². The highest BCUT2D eigenvalue weighted by molar-refractivity contribution is 5.35. The maximum absolute atomic E-state index is 9.20. The molecule has 20 heavy (non-hydrogen) atoms. The van der Waals surface area contributed by atoms with E-state index in [4.69, 9.17) is 4.74 Å². The molecular weight excluding hydrogens is 248 g/mol. The lowest BCUT2D eigenvalue weighted by Gasteiger charge is -2.22. The van der Waals surface area contributed by atoms with E-state index in [0.29, 0.717) is 12.5 Å². The van der Waals surface area contributed by atoms with Crippen molar-refractivity contribution in [1.82, 2.24) is 5.32 Å². The van der Waals surface area contributed by atoms with Crippen LogP contribution in [-0.4, -0.2) is 18.7 Å². The van der Waals surface area contributed by atoms with E-state index in [0.717, 1.165) is 25.1 Å². The molecular formula is C17H26N2O. The quantitative estimate of drug-likeness (QED) is 0.732. The number of nitriles is 1. The third kappa shape index (κ3) is 4.86. The van der Waals surface area contributed by atoms with E-state index in [1.807, 2.05) is 32.0 Å². The number of hydrogen-bond acceptors (Lipinski definition) is 3. The molecule has 3 nitrogen and oxygen atoms in total. The second-order valence-corrected chi connectivity index (χ2v) is 5.62. The number of para-hydroxylation sites is 1. The van der Waals surface area contributed by atoms with Gasteiger partial charge in [0.15, 0.2) is 0 Å². The van der Waals surface area contributed by atoms with Crippen LogP contribution in [0, 0.1) is 11.3 Å². The molecule has 1 aromatic carbocycles. The molecule has 0 aliphatic carbocycles. The van der Waals surface area contributed by atoms with E-state index in [2.05, 4.69) is 31.3 Å². The fourth-order valence-corrected chi connectivity index (χ4v) is 2.27. The Morgan fingerprint density at radius 1 is 1.35 bits per heavy atom. The van der Waals surface area contributed by atoms with Crippen molar-refractivity contribution in [3.05, 3.63) is 29.8 Å². The lowest BCUT2D eigenvalue weighted by atomic mass is 9.98. The van der Waals surface area contributed by atoms with Crippen LogP contribution in [0.4, 0.5) is 0 Å². The maximum Gasteiger partial charge on any atom is 0.122 e. The number of nitrogens with one attached hydrogen (secondary N) is 1. The van der Waals surface area contributed by atoms with Gasteiger partial charge in [0.1, 0.15) is 11.3 Å². The minimum absolute atomic E-state index is 0.449. The van der Waals surface area contributed by atoms with Crippen molar-refractivity contribution in [2.24, 2.45) is 0 Å². The van der Waals surface area contributed by atoms with Crippen molar-refractivity contribution < 1.29 is 4.74 Å². The Hall–Kier alpha value is -1.53. The van der Waals surface area contributed by atoms with Crippen molar-refractivity contribution in [1.29, 1.82) is 5.26 Å². The summed E-state index contributed by atoms with van der Waals surface area (Å²) in [6, 6.07) is 10.5. The molecule has 0 amide bonds. The average molecular weight is 274 g/mol. The molecule has 1 rings (SSSR count). The summed E-state index contributed by atoms with van der Waals surface area (Å²) in [5, 5.41) is 12.4. The van der Waals surface area contributed by atoms with Crippen LogP contribution in [0.25, 0.3) is 0 Å². The topological polar surface area (TPSA) is 45.0 Å². The number of rotatable bonds is 8. The molecule has 1 unspecified atom stereocenters. The summed E-state index contributed by atoms with van der Waals surface area (Å²) in [5.41, 5.74) is 0.789. The van der Waals surface area contributed by atoms with E-state index < -0.39 is 5.54 Å². The molecule has 1 atom stereocenters. The normalized spacial score (nSPS) is 13.8. The molecule has 0 spiro atoms. The van der Waals surface area contributed by atoms with Gasteiger partial charge in [-0.3, -0.25) is 5.32 Å². The summed E-state index contributed by atoms with van der Waals surface area (Å²) >= 11 is 0. The molecule has 0 aromatic heterocycles. The lowest BCUT2D eigenvalue weighted by molar-refractivity contribution is 0.283. The summed E-state index contributed by atoms with van der Waals surface area (Å²) in [7, 11) is 0. The summed E-state index contributed by atoms with van der Waals surface area (Å²) in [4.78, 5) is 0. The third-order valence-corrected chi connectivity index (χ3v) is 3.43. The zero-order valence-corrected chi connectivity index (χ0v) is 13.1. The summed E-state index contributed by atoms with van der Waals surface area (Å²) < 4.78 is 5.88. The van der Waals surface area contributed by atoms with Gasteiger partial charge in [-0.05, 0) is 43.9 Å². The summed E-state index contributed by atoms with van der Waals surface area (Å²) in [6.45, 7) is 9.75. The van der Waals surface area contributed by atoms with Crippen LogP contribution >= 0.6 is 0 Å². The van der Waals surface area contributed by atoms with Crippen LogP contribution in [-0.2, 0) is 0 Å². The molecule has 0 fully saturated rings. The van der Waals surface area contributed by atoms with Gasteiger partial charge in [-0.25, -0.2) is 0 Å². The highest BCUT2D eigenvalue weighted by Gasteiger charge is 2.21. The Bertz CT molecular complexity index is 451. The highest BCUT2D eigenvalue weighted by atomic mass is 16.5. The van der Waals surface area contributed by atoms with Crippen LogP contribution in [0.2, 0.25) is 0 Å². The molecule has 0 saturated heterocycles. The first-order valence-electron chi connectivity index (χ1n) is 7.40. The van der Waals surface area contributed by atoms with Gasteiger partial charge in [0.05, 0.1) is 12.7 Å². The molecule has 1 aromatic rings. The predicted octanol–water partition coefficient (Wildman–Crippen LogP) is 3.86. The maximum atomic E-state index is 9.20. The first-order valence-corrected chi connectivity index (χ1v) is 7.40. The molecule has 0 aliphatic heterocycles. The van der Waals surface area contributed by atoms with Gasteiger partial charge in [-0.15, -0.1) is 0 Å². The summed E-state index contributed by atoms with van der Waals surface area (Å²) in [5.74, 6) is 1.42. The molecule has 1 N–H and O–H groups in total. The minimum atomic E-state index is -0.449. The fourth-order valence-electron chi connectivity index (χ4n) is 2.27. The van der Waals surface area contributed by atoms with Crippen molar-refractivity contribution in [3.63, 3.8) is 0 Å².